The zero-order valence-corrected chi connectivity index (χ0v) is 23.5. The van der Waals surface area contributed by atoms with E-state index in [0.29, 0.717) is 34.8 Å². The lowest BCUT2D eigenvalue weighted by atomic mass is 9.87. The van der Waals surface area contributed by atoms with E-state index in [4.69, 9.17) is 4.42 Å². The van der Waals surface area contributed by atoms with Gasteiger partial charge in [-0.2, -0.15) is 0 Å². The Balaban J connectivity index is 1.21. The molecule has 3 aromatic carbocycles. The van der Waals surface area contributed by atoms with Crippen molar-refractivity contribution in [1.29, 1.82) is 0 Å². The van der Waals surface area contributed by atoms with Gasteiger partial charge in [0.05, 0.1) is 18.6 Å². The van der Waals surface area contributed by atoms with Crippen molar-refractivity contribution >= 4 is 40.9 Å². The number of carbonyl (C=O) groups excluding carboxylic acids is 3. The molecule has 2 N–H and O–H groups in total. The Labute approximate surface area is 238 Å². The Hall–Kier alpha value is -4.30. The largest absolute Gasteiger partial charge is 0.467 e. The van der Waals surface area contributed by atoms with E-state index >= 15 is 0 Å². The first-order chi connectivity index (χ1) is 19.2. The Kier molecular flexibility index (Phi) is 7.80. The number of furan rings is 1. The van der Waals surface area contributed by atoms with Crippen molar-refractivity contribution in [3.8, 4) is 0 Å². The van der Waals surface area contributed by atoms with Crippen molar-refractivity contribution in [3.05, 3.63) is 119 Å². The number of thioether (sulfide) groups is 1. The van der Waals surface area contributed by atoms with Crippen LogP contribution in [-0.4, -0.2) is 28.4 Å². The number of benzene rings is 3. The quantitative estimate of drug-likeness (QED) is 0.261. The van der Waals surface area contributed by atoms with Crippen molar-refractivity contribution in [2.24, 2.45) is 0 Å². The smallest absolute Gasteiger partial charge is 0.255 e. The predicted molar refractivity (Wildman–Crippen MR) is 158 cm³/mol. The fourth-order valence-corrected chi connectivity index (χ4v) is 5.66. The van der Waals surface area contributed by atoms with Crippen LogP contribution in [0.15, 0.2) is 95.6 Å². The molecule has 0 spiro atoms. The monoisotopic (exact) mass is 553 g/mol. The summed E-state index contributed by atoms with van der Waals surface area (Å²) >= 11 is 1.56. The number of hydrogen-bond donors (Lipinski definition) is 2. The van der Waals surface area contributed by atoms with E-state index in [0.717, 1.165) is 16.9 Å². The molecule has 40 heavy (non-hydrogen) atoms. The van der Waals surface area contributed by atoms with Gasteiger partial charge in [-0.05, 0) is 71.1 Å². The number of hydrogen-bond acceptors (Lipinski definition) is 5. The Morgan fingerprint density at radius 2 is 1.48 bits per heavy atom. The molecule has 1 atom stereocenters. The molecule has 4 aromatic rings. The van der Waals surface area contributed by atoms with Crippen LogP contribution in [0.1, 0.15) is 63.7 Å². The summed E-state index contributed by atoms with van der Waals surface area (Å²) < 4.78 is 5.42. The van der Waals surface area contributed by atoms with Gasteiger partial charge >= 0.3 is 0 Å². The maximum atomic E-state index is 13.0. The van der Waals surface area contributed by atoms with Crippen LogP contribution in [0, 0.1) is 0 Å². The highest BCUT2D eigenvalue weighted by Gasteiger charge is 2.33. The van der Waals surface area contributed by atoms with Crippen molar-refractivity contribution in [2.75, 3.05) is 16.4 Å². The molecular formula is C32H31N3O4S. The molecule has 5 rings (SSSR count). The fourth-order valence-electron chi connectivity index (χ4n) is 4.47. The van der Waals surface area contributed by atoms with Gasteiger partial charge in [0, 0.05) is 22.5 Å². The van der Waals surface area contributed by atoms with Crippen LogP contribution in [-0.2, 0) is 16.8 Å². The van der Waals surface area contributed by atoms with Gasteiger partial charge in [0.1, 0.15) is 11.1 Å². The average Bonchev–Trinajstić information content (AvgIpc) is 3.59. The van der Waals surface area contributed by atoms with Crippen LogP contribution >= 0.6 is 11.8 Å². The minimum Gasteiger partial charge on any atom is -0.467 e. The summed E-state index contributed by atoms with van der Waals surface area (Å²) in [6, 6.07) is 25.6. The Morgan fingerprint density at radius 3 is 2.02 bits per heavy atom. The van der Waals surface area contributed by atoms with Gasteiger partial charge in [0.15, 0.2) is 0 Å². The number of nitrogens with one attached hydrogen (secondary N) is 2. The standard InChI is InChI=1S/C32H31N3O4S/c1-32(2,3)24-15-13-22(14-16-24)30(38)34-26-7-4-6-25(18-26)33-29(37)21-9-11-23(12-10-21)31-35(28(36)20-40-31)19-27-8-5-17-39-27/h4-18,31H,19-20H2,1-3H3,(H,33,37)(H,34,38). The molecule has 1 aliphatic rings. The molecule has 3 amide bonds. The molecule has 0 bridgehead atoms. The summed E-state index contributed by atoms with van der Waals surface area (Å²) in [7, 11) is 0. The second-order valence-corrected chi connectivity index (χ2v) is 11.8. The third-order valence-electron chi connectivity index (χ3n) is 6.72. The molecule has 1 aliphatic heterocycles. The summed E-state index contributed by atoms with van der Waals surface area (Å²) in [6.07, 6.45) is 1.60. The number of nitrogens with zero attached hydrogens (tertiary/aromatic N) is 1. The molecule has 1 unspecified atom stereocenters. The first-order valence-electron chi connectivity index (χ1n) is 13.0. The number of rotatable bonds is 7. The zero-order chi connectivity index (χ0) is 28.3. The fraction of sp³-hybridized carbons (Fsp3) is 0.219. The second-order valence-electron chi connectivity index (χ2n) is 10.7. The minimum absolute atomic E-state index is 0.0110. The minimum atomic E-state index is -0.268. The van der Waals surface area contributed by atoms with Crippen LogP contribution < -0.4 is 10.6 Å². The van der Waals surface area contributed by atoms with Gasteiger partial charge in [-0.15, -0.1) is 11.8 Å². The highest BCUT2D eigenvalue weighted by Crippen LogP contribution is 2.39. The summed E-state index contributed by atoms with van der Waals surface area (Å²) in [5, 5.41) is 5.66. The van der Waals surface area contributed by atoms with Gasteiger partial charge in [0.25, 0.3) is 11.8 Å². The van der Waals surface area contributed by atoms with E-state index in [-0.39, 0.29) is 28.5 Å². The van der Waals surface area contributed by atoms with E-state index in [1.54, 1.807) is 65.4 Å². The average molecular weight is 554 g/mol. The molecule has 2 heterocycles. The SMILES string of the molecule is CC(C)(C)c1ccc(C(=O)Nc2cccc(NC(=O)c3ccc(C4SCC(=O)N4Cc4ccco4)cc3)c2)cc1. The lowest BCUT2D eigenvalue weighted by Gasteiger charge is -2.23. The lowest BCUT2D eigenvalue weighted by Crippen LogP contribution is -2.27. The molecule has 1 fully saturated rings. The van der Waals surface area contributed by atoms with E-state index in [1.165, 1.54) is 0 Å². The molecule has 7 nitrogen and oxygen atoms in total. The molecule has 0 aliphatic carbocycles. The van der Waals surface area contributed by atoms with E-state index in [2.05, 4.69) is 31.4 Å². The van der Waals surface area contributed by atoms with Crippen molar-refractivity contribution in [3.63, 3.8) is 0 Å². The summed E-state index contributed by atoms with van der Waals surface area (Å²) in [5.74, 6) is 0.706. The van der Waals surface area contributed by atoms with Gasteiger partial charge in [-0.25, -0.2) is 0 Å². The molecule has 0 radical (unpaired) electrons. The number of amides is 3. The molecule has 0 saturated carbocycles. The maximum absolute atomic E-state index is 13.0. The maximum Gasteiger partial charge on any atom is 0.255 e. The molecule has 8 heteroatoms. The van der Waals surface area contributed by atoms with Crippen molar-refractivity contribution < 1.29 is 18.8 Å². The van der Waals surface area contributed by atoms with E-state index in [1.807, 2.05) is 42.5 Å². The predicted octanol–water partition coefficient (Wildman–Crippen LogP) is 6.86. The number of carbonyl (C=O) groups is 3. The van der Waals surface area contributed by atoms with Gasteiger partial charge in [0.2, 0.25) is 5.91 Å². The summed E-state index contributed by atoms with van der Waals surface area (Å²) in [4.78, 5) is 40.0. The summed E-state index contributed by atoms with van der Waals surface area (Å²) in [5.41, 5.74) is 4.31. The summed E-state index contributed by atoms with van der Waals surface area (Å²) in [6.45, 7) is 6.79. The normalized spacial score (nSPS) is 15.2. The van der Waals surface area contributed by atoms with Crippen LogP contribution in [0.4, 0.5) is 11.4 Å². The third-order valence-corrected chi connectivity index (χ3v) is 7.98. The molecule has 1 saturated heterocycles. The third kappa shape index (κ3) is 6.29. The topological polar surface area (TPSA) is 91.7 Å². The van der Waals surface area contributed by atoms with Crippen LogP contribution in [0.2, 0.25) is 0 Å². The van der Waals surface area contributed by atoms with Crippen molar-refractivity contribution in [2.45, 2.75) is 38.1 Å². The lowest BCUT2D eigenvalue weighted by molar-refractivity contribution is -0.128. The highest BCUT2D eigenvalue weighted by molar-refractivity contribution is 8.00. The number of anilines is 2. The van der Waals surface area contributed by atoms with Crippen LogP contribution in [0.5, 0.6) is 0 Å². The van der Waals surface area contributed by atoms with Crippen molar-refractivity contribution in [1.82, 2.24) is 4.90 Å². The van der Waals surface area contributed by atoms with E-state index < -0.39 is 0 Å². The Morgan fingerprint density at radius 1 is 0.875 bits per heavy atom. The first kappa shape index (κ1) is 27.3. The molecule has 204 valence electrons. The highest BCUT2D eigenvalue weighted by atomic mass is 32.2. The van der Waals surface area contributed by atoms with Crippen LogP contribution in [0.3, 0.4) is 0 Å². The molecule has 1 aromatic heterocycles. The van der Waals surface area contributed by atoms with Gasteiger partial charge in [-0.3, -0.25) is 14.4 Å². The van der Waals surface area contributed by atoms with Gasteiger partial charge in [-0.1, -0.05) is 51.1 Å². The van der Waals surface area contributed by atoms with Crippen LogP contribution in [0.25, 0.3) is 0 Å². The van der Waals surface area contributed by atoms with E-state index in [9.17, 15) is 14.4 Å². The molecular weight excluding hydrogens is 522 g/mol. The zero-order valence-electron chi connectivity index (χ0n) is 22.6. The first-order valence-corrected chi connectivity index (χ1v) is 14.1. The Bertz CT molecular complexity index is 1510. The second kappa shape index (κ2) is 11.4. The van der Waals surface area contributed by atoms with Gasteiger partial charge < -0.3 is 20.0 Å².